The maximum atomic E-state index is 13.0. The van der Waals surface area contributed by atoms with Crippen molar-refractivity contribution in [2.24, 2.45) is 0 Å². The van der Waals surface area contributed by atoms with Crippen molar-refractivity contribution in [3.05, 3.63) is 70.1 Å². The highest BCUT2D eigenvalue weighted by Gasteiger charge is 2.16. The highest BCUT2D eigenvalue weighted by molar-refractivity contribution is 6.32. The maximum Gasteiger partial charge on any atom is 0.123 e. The van der Waals surface area contributed by atoms with Crippen molar-refractivity contribution in [3.8, 4) is 0 Å². The summed E-state index contributed by atoms with van der Waals surface area (Å²) in [4.78, 5) is 0. The first-order valence-corrected chi connectivity index (χ1v) is 7.11. The van der Waals surface area contributed by atoms with Gasteiger partial charge in [0.05, 0.1) is 12.1 Å². The average Bonchev–Trinajstić information content (AvgIpc) is 2.75. The molecule has 0 bridgehead atoms. The lowest BCUT2D eigenvalue weighted by atomic mass is 10.1. The van der Waals surface area contributed by atoms with Crippen LogP contribution >= 0.6 is 11.6 Å². The number of aliphatic hydroxyl groups is 1. The predicted octanol–water partition coefficient (Wildman–Crippen LogP) is 4.28. The maximum absolute atomic E-state index is 13.0. The molecular formula is C17H15ClFNO. The molecule has 0 radical (unpaired) electrons. The van der Waals surface area contributed by atoms with Crippen LogP contribution in [0.3, 0.4) is 0 Å². The number of nitrogens with zero attached hydrogens (tertiary/aromatic N) is 1. The third-order valence-electron chi connectivity index (χ3n) is 3.73. The molecule has 108 valence electrons. The van der Waals surface area contributed by atoms with E-state index in [-0.39, 0.29) is 12.4 Å². The van der Waals surface area contributed by atoms with E-state index in [0.717, 1.165) is 27.6 Å². The van der Waals surface area contributed by atoms with E-state index >= 15 is 0 Å². The van der Waals surface area contributed by atoms with Crippen LogP contribution in [0.15, 0.2) is 42.5 Å². The summed E-state index contributed by atoms with van der Waals surface area (Å²) in [5.74, 6) is -0.255. The lowest BCUT2D eigenvalue weighted by molar-refractivity contribution is 0.283. The Morgan fingerprint density at radius 2 is 1.86 bits per heavy atom. The van der Waals surface area contributed by atoms with Crippen LogP contribution in [0.25, 0.3) is 10.9 Å². The summed E-state index contributed by atoms with van der Waals surface area (Å²) >= 11 is 6.43. The van der Waals surface area contributed by atoms with Gasteiger partial charge in [-0.25, -0.2) is 4.39 Å². The largest absolute Gasteiger partial charge is 0.392 e. The number of benzene rings is 2. The molecule has 0 saturated heterocycles. The molecule has 0 amide bonds. The van der Waals surface area contributed by atoms with Gasteiger partial charge in [0.2, 0.25) is 0 Å². The molecular weight excluding hydrogens is 289 g/mol. The average molecular weight is 304 g/mol. The van der Waals surface area contributed by atoms with Gasteiger partial charge in [-0.2, -0.15) is 0 Å². The Hall–Kier alpha value is -1.84. The number of halogens is 2. The van der Waals surface area contributed by atoms with Gasteiger partial charge in [-0.1, -0.05) is 41.9 Å². The molecule has 0 aliphatic carbocycles. The minimum Gasteiger partial charge on any atom is -0.392 e. The van der Waals surface area contributed by atoms with Gasteiger partial charge in [0.1, 0.15) is 11.0 Å². The normalized spacial score (nSPS) is 11.2. The number of rotatable bonds is 3. The number of aromatic nitrogens is 1. The molecule has 21 heavy (non-hydrogen) atoms. The van der Waals surface area contributed by atoms with Gasteiger partial charge in [0, 0.05) is 17.5 Å². The Bertz CT molecular complexity index is 793. The summed E-state index contributed by atoms with van der Waals surface area (Å²) in [6, 6.07) is 12.3. The first kappa shape index (κ1) is 14.1. The molecule has 0 saturated carbocycles. The number of fused-ring (bicyclic) bond motifs is 1. The van der Waals surface area contributed by atoms with Crippen molar-refractivity contribution < 1.29 is 9.50 Å². The Morgan fingerprint density at radius 3 is 2.52 bits per heavy atom. The molecule has 3 rings (SSSR count). The zero-order chi connectivity index (χ0) is 15.0. The van der Waals surface area contributed by atoms with Gasteiger partial charge in [-0.15, -0.1) is 0 Å². The van der Waals surface area contributed by atoms with Crippen molar-refractivity contribution in [3.63, 3.8) is 0 Å². The van der Waals surface area contributed by atoms with Crippen molar-refractivity contribution in [2.45, 2.75) is 20.1 Å². The van der Waals surface area contributed by atoms with Crippen LogP contribution in [0.4, 0.5) is 4.39 Å². The molecule has 1 heterocycles. The molecule has 2 nitrogen and oxygen atoms in total. The van der Waals surface area contributed by atoms with Gasteiger partial charge in [-0.3, -0.25) is 0 Å². The zero-order valence-corrected chi connectivity index (χ0v) is 12.4. The summed E-state index contributed by atoms with van der Waals surface area (Å²) in [6.45, 7) is 2.46. The second-order valence-corrected chi connectivity index (χ2v) is 5.47. The Labute approximate surface area is 127 Å². The summed E-state index contributed by atoms with van der Waals surface area (Å²) < 4.78 is 15.0. The van der Waals surface area contributed by atoms with Crippen molar-refractivity contribution >= 4 is 22.5 Å². The van der Waals surface area contributed by atoms with E-state index < -0.39 is 0 Å². The van der Waals surface area contributed by atoms with E-state index in [2.05, 4.69) is 0 Å². The van der Waals surface area contributed by atoms with E-state index in [9.17, 15) is 9.50 Å². The van der Waals surface area contributed by atoms with Crippen LogP contribution < -0.4 is 0 Å². The Kier molecular flexibility index (Phi) is 3.70. The van der Waals surface area contributed by atoms with Crippen LogP contribution in [0.5, 0.6) is 0 Å². The number of hydrogen-bond donors (Lipinski definition) is 1. The molecule has 0 aliphatic rings. The highest BCUT2D eigenvalue weighted by atomic mass is 35.5. The molecule has 1 N–H and O–H groups in total. The topological polar surface area (TPSA) is 25.2 Å². The number of aryl methyl sites for hydroxylation is 1. The van der Waals surface area contributed by atoms with Gasteiger partial charge >= 0.3 is 0 Å². The van der Waals surface area contributed by atoms with Crippen molar-refractivity contribution in [2.75, 3.05) is 0 Å². The van der Waals surface area contributed by atoms with Crippen LogP contribution in [-0.2, 0) is 13.2 Å². The summed E-state index contributed by atoms with van der Waals surface area (Å²) in [7, 11) is 0. The van der Waals surface area contributed by atoms with E-state index in [1.165, 1.54) is 12.1 Å². The molecule has 0 aliphatic heterocycles. The fraction of sp³-hybridized carbons (Fsp3) is 0.176. The van der Waals surface area contributed by atoms with E-state index in [4.69, 9.17) is 11.6 Å². The standard InChI is InChI=1S/C17H15ClFNO/c1-11-3-2-4-14-15(10-21)17(18)20(16(11)14)9-12-5-7-13(19)8-6-12/h2-8,21H,9-10H2,1H3. The molecule has 3 aromatic rings. The molecule has 0 atom stereocenters. The predicted molar refractivity (Wildman–Crippen MR) is 83.1 cm³/mol. The summed E-state index contributed by atoms with van der Waals surface area (Å²) in [5.41, 5.74) is 3.80. The van der Waals surface area contributed by atoms with Crippen LogP contribution in [0, 0.1) is 12.7 Å². The van der Waals surface area contributed by atoms with Crippen LogP contribution in [-0.4, -0.2) is 9.67 Å². The third kappa shape index (κ3) is 2.43. The lowest BCUT2D eigenvalue weighted by Crippen LogP contribution is -2.01. The fourth-order valence-corrected chi connectivity index (χ4v) is 3.01. The van der Waals surface area contributed by atoms with E-state index in [1.807, 2.05) is 29.7 Å². The van der Waals surface area contributed by atoms with Crippen molar-refractivity contribution in [1.29, 1.82) is 0 Å². The minimum atomic E-state index is -0.255. The second-order valence-electron chi connectivity index (χ2n) is 5.11. The van der Waals surface area contributed by atoms with Crippen LogP contribution in [0.1, 0.15) is 16.7 Å². The van der Waals surface area contributed by atoms with Gasteiger partial charge < -0.3 is 9.67 Å². The smallest absolute Gasteiger partial charge is 0.123 e. The zero-order valence-electron chi connectivity index (χ0n) is 11.6. The summed E-state index contributed by atoms with van der Waals surface area (Å²) in [5, 5.41) is 11.1. The second kappa shape index (κ2) is 5.51. The monoisotopic (exact) mass is 303 g/mol. The van der Waals surface area contributed by atoms with Gasteiger partial charge in [0.15, 0.2) is 0 Å². The Morgan fingerprint density at radius 1 is 1.14 bits per heavy atom. The molecule has 4 heteroatoms. The number of para-hydroxylation sites is 1. The minimum absolute atomic E-state index is 0.102. The van der Waals surface area contributed by atoms with Crippen molar-refractivity contribution in [1.82, 2.24) is 4.57 Å². The molecule has 0 unspecified atom stereocenters. The summed E-state index contributed by atoms with van der Waals surface area (Å²) in [6.07, 6.45) is 0. The molecule has 0 spiro atoms. The van der Waals surface area contributed by atoms with Gasteiger partial charge in [0.25, 0.3) is 0 Å². The first-order chi connectivity index (χ1) is 10.1. The first-order valence-electron chi connectivity index (χ1n) is 6.73. The highest BCUT2D eigenvalue weighted by Crippen LogP contribution is 2.32. The Balaban J connectivity index is 2.17. The molecule has 1 aromatic heterocycles. The van der Waals surface area contributed by atoms with Gasteiger partial charge in [-0.05, 0) is 30.2 Å². The van der Waals surface area contributed by atoms with E-state index in [0.29, 0.717) is 11.7 Å². The third-order valence-corrected chi connectivity index (χ3v) is 4.16. The fourth-order valence-electron chi connectivity index (χ4n) is 2.70. The lowest BCUT2D eigenvalue weighted by Gasteiger charge is -2.09. The SMILES string of the molecule is Cc1cccc2c(CO)c(Cl)n(Cc3ccc(F)cc3)c12. The van der Waals surface area contributed by atoms with E-state index in [1.54, 1.807) is 12.1 Å². The van der Waals surface area contributed by atoms with Crippen LogP contribution in [0.2, 0.25) is 5.15 Å². The number of hydrogen-bond acceptors (Lipinski definition) is 1. The molecule has 0 fully saturated rings. The number of aliphatic hydroxyl groups excluding tert-OH is 1. The quantitative estimate of drug-likeness (QED) is 0.767. The molecule has 2 aromatic carbocycles.